The molecule has 0 aliphatic rings. The van der Waals surface area contributed by atoms with Crippen LogP contribution in [0.25, 0.3) is 32.6 Å². The van der Waals surface area contributed by atoms with Crippen LogP contribution in [0.15, 0.2) is 80.7 Å². The van der Waals surface area contributed by atoms with Crippen LogP contribution in [0.1, 0.15) is 11.4 Å². The fraction of sp³-hybridized carbons (Fsp3) is 0.125. The van der Waals surface area contributed by atoms with Crippen molar-refractivity contribution in [2.24, 2.45) is 0 Å². The Labute approximate surface area is 171 Å². The van der Waals surface area contributed by atoms with Crippen molar-refractivity contribution in [3.05, 3.63) is 98.9 Å². The van der Waals surface area contributed by atoms with Gasteiger partial charge in [0.05, 0.1) is 18.0 Å². The van der Waals surface area contributed by atoms with Gasteiger partial charge >= 0.3 is 5.63 Å². The zero-order valence-electron chi connectivity index (χ0n) is 16.4. The van der Waals surface area contributed by atoms with Crippen LogP contribution < -0.4 is 16.1 Å². The summed E-state index contributed by atoms with van der Waals surface area (Å²) in [4.78, 5) is 33.0. The van der Waals surface area contributed by atoms with Crippen molar-refractivity contribution in [1.29, 1.82) is 0 Å². The maximum absolute atomic E-state index is 12.3. The minimum Gasteiger partial charge on any atom is -0.423 e. The van der Waals surface area contributed by atoms with Crippen LogP contribution in [0, 0.1) is 0 Å². The van der Waals surface area contributed by atoms with Crippen LogP contribution in [0.2, 0.25) is 0 Å². The van der Waals surface area contributed by atoms with Crippen LogP contribution in [-0.4, -0.2) is 17.0 Å². The maximum atomic E-state index is 12.3. The summed E-state index contributed by atoms with van der Waals surface area (Å²) in [7, 11) is 2.01. The van der Waals surface area contributed by atoms with Crippen LogP contribution in [0.4, 0.5) is 0 Å². The van der Waals surface area contributed by atoms with E-state index in [1.54, 1.807) is 12.1 Å². The smallest absolute Gasteiger partial charge is 0.336 e. The molecule has 0 aliphatic carbocycles. The van der Waals surface area contributed by atoms with E-state index in [9.17, 15) is 9.59 Å². The molecule has 1 atom stereocenters. The van der Waals surface area contributed by atoms with Gasteiger partial charge < -0.3 is 14.3 Å². The van der Waals surface area contributed by atoms with Crippen LogP contribution in [0.3, 0.4) is 0 Å². The summed E-state index contributed by atoms with van der Waals surface area (Å²) in [6.07, 6.45) is 0. The first kappa shape index (κ1) is 18.3. The minimum atomic E-state index is -0.363. The van der Waals surface area contributed by atoms with E-state index >= 15 is 0 Å². The Morgan fingerprint density at radius 1 is 0.933 bits per heavy atom. The number of fused-ring (bicyclic) bond motifs is 4. The van der Waals surface area contributed by atoms with Crippen molar-refractivity contribution < 1.29 is 9.32 Å². The number of nitrogens with one attached hydrogen (secondary N) is 2. The molecule has 0 aliphatic heterocycles. The molecule has 1 unspecified atom stereocenters. The third kappa shape index (κ3) is 3.27. The average molecular weight is 398 g/mol. The Bertz CT molecular complexity index is 1520. The van der Waals surface area contributed by atoms with Crippen LogP contribution in [-0.2, 0) is 13.1 Å². The van der Waals surface area contributed by atoms with Crippen molar-refractivity contribution in [2.45, 2.75) is 13.1 Å². The highest BCUT2D eigenvalue weighted by molar-refractivity contribution is 6.06. The number of nitrogens with zero attached hydrogens (tertiary/aromatic N) is 1. The van der Waals surface area contributed by atoms with E-state index in [-0.39, 0.29) is 11.2 Å². The molecule has 0 radical (unpaired) electrons. The lowest BCUT2D eigenvalue weighted by Gasteiger charge is -2.15. The molecule has 5 aromatic rings. The zero-order chi connectivity index (χ0) is 20.7. The van der Waals surface area contributed by atoms with Gasteiger partial charge in [0.1, 0.15) is 18.7 Å². The van der Waals surface area contributed by atoms with E-state index in [4.69, 9.17) is 4.42 Å². The summed E-state index contributed by atoms with van der Waals surface area (Å²) < 4.78 is 5.45. The second kappa shape index (κ2) is 7.24. The molecule has 30 heavy (non-hydrogen) atoms. The van der Waals surface area contributed by atoms with Crippen molar-refractivity contribution in [3.8, 4) is 0 Å². The average Bonchev–Trinajstić information content (AvgIpc) is 2.73. The fourth-order valence-electron chi connectivity index (χ4n) is 4.05. The van der Waals surface area contributed by atoms with Crippen molar-refractivity contribution >= 4 is 32.6 Å². The zero-order valence-corrected chi connectivity index (χ0v) is 16.4. The molecule has 0 amide bonds. The van der Waals surface area contributed by atoms with Crippen molar-refractivity contribution in [2.75, 3.05) is 7.05 Å². The van der Waals surface area contributed by atoms with E-state index in [0.29, 0.717) is 35.4 Å². The molecule has 0 saturated heterocycles. The highest BCUT2D eigenvalue weighted by atomic mass is 16.4. The van der Waals surface area contributed by atoms with Gasteiger partial charge in [0.2, 0.25) is 0 Å². The summed E-state index contributed by atoms with van der Waals surface area (Å²) in [6, 6.07) is 20.7. The number of aromatic amines is 1. The Kier molecular flexibility index (Phi) is 4.41. The number of hydrogen-bond acceptors (Lipinski definition) is 4. The van der Waals surface area contributed by atoms with Gasteiger partial charge in [-0.2, -0.15) is 0 Å². The maximum Gasteiger partial charge on any atom is 0.336 e. The number of benzene rings is 3. The first-order chi connectivity index (χ1) is 14.6. The number of quaternary nitrogens is 1. The molecule has 3 aromatic carbocycles. The normalized spacial score (nSPS) is 12.6. The highest BCUT2D eigenvalue weighted by Crippen LogP contribution is 2.27. The Hall–Kier alpha value is -3.77. The van der Waals surface area contributed by atoms with E-state index in [0.717, 1.165) is 26.6 Å². The van der Waals surface area contributed by atoms with E-state index in [2.05, 4.69) is 9.97 Å². The molecule has 2 N–H and O–H groups in total. The number of rotatable bonds is 4. The molecule has 0 saturated carbocycles. The summed E-state index contributed by atoms with van der Waals surface area (Å²) in [5.74, 6) is 0.619. The predicted octanol–water partition coefficient (Wildman–Crippen LogP) is 2.40. The van der Waals surface area contributed by atoms with E-state index in [1.807, 2.05) is 61.6 Å². The van der Waals surface area contributed by atoms with Crippen LogP contribution >= 0.6 is 0 Å². The summed E-state index contributed by atoms with van der Waals surface area (Å²) in [6.45, 7) is 1.11. The Morgan fingerprint density at radius 2 is 1.70 bits per heavy atom. The second-order valence-corrected chi connectivity index (χ2v) is 7.59. The quantitative estimate of drug-likeness (QED) is 0.360. The summed E-state index contributed by atoms with van der Waals surface area (Å²) in [5, 5.41) is 3.68. The first-order valence-electron chi connectivity index (χ1n) is 9.82. The largest absolute Gasteiger partial charge is 0.423 e. The molecule has 5 rings (SSSR count). The highest BCUT2D eigenvalue weighted by Gasteiger charge is 2.15. The monoisotopic (exact) mass is 398 g/mol. The van der Waals surface area contributed by atoms with Gasteiger partial charge in [-0.25, -0.2) is 9.78 Å². The predicted molar refractivity (Wildman–Crippen MR) is 117 cm³/mol. The number of hydrogen-bond donors (Lipinski definition) is 2. The molecule has 0 fully saturated rings. The standard InChI is InChI=1S/C24H19N3O3/c1-27(14-21-25-19-9-5-4-8-18(19)24(29)26-21)13-16-12-22(28)30-20-11-10-15-6-2-3-7-17(15)23(16)20/h2-12H,13-14H2,1H3,(H,25,26,29)/p+1. The molecule has 6 heteroatoms. The van der Waals surface area contributed by atoms with E-state index in [1.165, 1.54) is 0 Å². The Morgan fingerprint density at radius 3 is 2.57 bits per heavy atom. The lowest BCUT2D eigenvalue weighted by Crippen LogP contribution is -3.06. The molecular formula is C24H20N3O3+. The topological polar surface area (TPSA) is 80.4 Å². The van der Waals surface area contributed by atoms with Gasteiger partial charge in [0, 0.05) is 17.0 Å². The van der Waals surface area contributed by atoms with E-state index < -0.39 is 0 Å². The van der Waals surface area contributed by atoms with Crippen molar-refractivity contribution in [3.63, 3.8) is 0 Å². The first-order valence-corrected chi connectivity index (χ1v) is 9.82. The third-order valence-electron chi connectivity index (χ3n) is 5.34. The molecular weight excluding hydrogens is 378 g/mol. The van der Waals surface area contributed by atoms with Crippen LogP contribution in [0.5, 0.6) is 0 Å². The molecule has 0 spiro atoms. The number of aromatic nitrogens is 2. The number of para-hydroxylation sites is 1. The fourth-order valence-corrected chi connectivity index (χ4v) is 4.05. The molecule has 2 aromatic heterocycles. The summed E-state index contributed by atoms with van der Waals surface area (Å²) >= 11 is 0. The van der Waals surface area contributed by atoms with Gasteiger partial charge in [0.25, 0.3) is 5.56 Å². The van der Waals surface area contributed by atoms with Gasteiger partial charge in [-0.05, 0) is 29.0 Å². The van der Waals surface area contributed by atoms with Gasteiger partial charge in [0.15, 0.2) is 5.82 Å². The van der Waals surface area contributed by atoms with Gasteiger partial charge in [-0.15, -0.1) is 0 Å². The second-order valence-electron chi connectivity index (χ2n) is 7.59. The van der Waals surface area contributed by atoms with Gasteiger partial charge in [-0.3, -0.25) is 4.79 Å². The molecule has 6 nitrogen and oxygen atoms in total. The molecule has 148 valence electrons. The third-order valence-corrected chi connectivity index (χ3v) is 5.34. The SMILES string of the molecule is C[NH+](Cc1nc2ccccc2c(=O)[nH]1)Cc1cc(=O)oc2ccc3ccccc3c12. The lowest BCUT2D eigenvalue weighted by molar-refractivity contribution is -0.908. The lowest BCUT2D eigenvalue weighted by atomic mass is 10.0. The van der Waals surface area contributed by atoms with Gasteiger partial charge in [-0.1, -0.05) is 42.5 Å². The molecule has 0 bridgehead atoms. The molecule has 2 heterocycles. The Balaban J connectivity index is 1.53. The summed E-state index contributed by atoms with van der Waals surface area (Å²) in [5.41, 5.74) is 1.68. The van der Waals surface area contributed by atoms with Crippen molar-refractivity contribution in [1.82, 2.24) is 9.97 Å². The minimum absolute atomic E-state index is 0.139. The number of H-pyrrole nitrogens is 1.